The molecule has 1 aromatic heterocycles. The average Bonchev–Trinajstić information content (AvgIpc) is 2.74. The Labute approximate surface area is 121 Å². The predicted molar refractivity (Wildman–Crippen MR) is 75.4 cm³/mol. The van der Waals surface area contributed by atoms with Gasteiger partial charge < -0.3 is 4.74 Å². The fraction of sp³-hybridized carbons (Fsp3) is 0.0909. The van der Waals surface area contributed by atoms with E-state index in [0.717, 1.165) is 3.79 Å². The van der Waals surface area contributed by atoms with Crippen LogP contribution in [0.25, 0.3) is 0 Å². The predicted octanol–water partition coefficient (Wildman–Crippen LogP) is 3.58. The summed E-state index contributed by atoms with van der Waals surface area (Å²) in [5.74, 6) is 0.335. The molecule has 1 aromatic carbocycles. The van der Waals surface area contributed by atoms with E-state index in [1.165, 1.54) is 11.3 Å². The Morgan fingerprint density at radius 2 is 2.17 bits per heavy atom. The van der Waals surface area contributed by atoms with Crippen LogP contribution in [0.4, 0.5) is 5.13 Å². The van der Waals surface area contributed by atoms with Crippen molar-refractivity contribution in [3.8, 4) is 5.75 Å². The van der Waals surface area contributed by atoms with Gasteiger partial charge in [0.2, 0.25) is 0 Å². The van der Waals surface area contributed by atoms with Gasteiger partial charge in [-0.2, -0.15) is 0 Å². The maximum Gasteiger partial charge on any atom is 0.264 e. The molecule has 0 bridgehead atoms. The number of ether oxygens (including phenoxy) is 1. The molecule has 1 amide bonds. The highest BCUT2D eigenvalue weighted by Crippen LogP contribution is 2.23. The van der Waals surface area contributed by atoms with Gasteiger partial charge in [0, 0.05) is 5.02 Å². The van der Waals surface area contributed by atoms with Gasteiger partial charge in [-0.05, 0) is 40.2 Å². The van der Waals surface area contributed by atoms with Crippen LogP contribution in [0.15, 0.2) is 34.2 Å². The summed E-state index contributed by atoms with van der Waals surface area (Å²) in [7, 11) is 0. The molecular weight excluding hydrogens is 340 g/mol. The van der Waals surface area contributed by atoms with Crippen molar-refractivity contribution in [3.63, 3.8) is 0 Å². The number of nitrogens with one attached hydrogen (secondary N) is 1. The van der Waals surface area contributed by atoms with Crippen molar-refractivity contribution < 1.29 is 9.53 Å². The standard InChI is InChI=1S/C11H8BrClN2O2S/c12-9-5-14-11(18-9)15-10(16)6-17-8-3-1-7(13)2-4-8/h1-5H,6H2,(H,14,15,16). The molecule has 0 saturated carbocycles. The molecule has 0 radical (unpaired) electrons. The van der Waals surface area contributed by atoms with Gasteiger partial charge in [-0.1, -0.05) is 22.9 Å². The zero-order chi connectivity index (χ0) is 13.0. The number of benzene rings is 1. The van der Waals surface area contributed by atoms with Crippen molar-refractivity contribution in [2.45, 2.75) is 0 Å². The lowest BCUT2D eigenvalue weighted by Crippen LogP contribution is -2.19. The number of hydrogen-bond donors (Lipinski definition) is 1. The number of carbonyl (C=O) groups excluding carboxylic acids is 1. The second-order valence-electron chi connectivity index (χ2n) is 3.26. The summed E-state index contributed by atoms with van der Waals surface area (Å²) in [6, 6.07) is 6.81. The molecule has 2 aromatic rings. The molecule has 2 rings (SSSR count). The third-order valence-electron chi connectivity index (χ3n) is 1.91. The van der Waals surface area contributed by atoms with Crippen molar-refractivity contribution in [3.05, 3.63) is 39.3 Å². The maximum absolute atomic E-state index is 11.6. The third kappa shape index (κ3) is 3.97. The summed E-state index contributed by atoms with van der Waals surface area (Å²) < 4.78 is 6.15. The second-order valence-corrected chi connectivity index (χ2v) is 6.11. The van der Waals surface area contributed by atoms with Gasteiger partial charge in [0.25, 0.3) is 5.91 Å². The molecule has 7 heteroatoms. The van der Waals surface area contributed by atoms with Crippen LogP contribution in [0.2, 0.25) is 5.02 Å². The van der Waals surface area contributed by atoms with Crippen LogP contribution in [0.5, 0.6) is 5.75 Å². The molecule has 0 spiro atoms. The van der Waals surface area contributed by atoms with Gasteiger partial charge in [-0.25, -0.2) is 4.98 Å². The van der Waals surface area contributed by atoms with E-state index in [0.29, 0.717) is 15.9 Å². The largest absolute Gasteiger partial charge is 0.484 e. The van der Waals surface area contributed by atoms with Crippen LogP contribution in [0.1, 0.15) is 0 Å². The number of aromatic nitrogens is 1. The molecule has 1 heterocycles. The molecule has 0 aliphatic rings. The van der Waals surface area contributed by atoms with Crippen molar-refractivity contribution >= 4 is 49.9 Å². The van der Waals surface area contributed by atoms with Crippen molar-refractivity contribution in [2.24, 2.45) is 0 Å². The molecule has 0 aliphatic carbocycles. The molecule has 94 valence electrons. The van der Waals surface area contributed by atoms with Gasteiger partial charge >= 0.3 is 0 Å². The highest BCUT2D eigenvalue weighted by atomic mass is 79.9. The first-order chi connectivity index (χ1) is 8.63. The number of carbonyl (C=O) groups is 1. The van der Waals surface area contributed by atoms with Gasteiger partial charge in [-0.3, -0.25) is 10.1 Å². The summed E-state index contributed by atoms with van der Waals surface area (Å²) in [4.78, 5) is 15.5. The lowest BCUT2D eigenvalue weighted by Gasteiger charge is -2.05. The van der Waals surface area contributed by atoms with Gasteiger partial charge in [0.05, 0.1) is 9.98 Å². The Kier molecular flexibility index (Phi) is 4.57. The first-order valence-electron chi connectivity index (χ1n) is 4.93. The summed E-state index contributed by atoms with van der Waals surface area (Å²) in [6.07, 6.45) is 1.63. The first kappa shape index (κ1) is 13.3. The van der Waals surface area contributed by atoms with E-state index in [9.17, 15) is 4.79 Å². The van der Waals surface area contributed by atoms with Crippen LogP contribution >= 0.6 is 38.9 Å². The van der Waals surface area contributed by atoms with Crippen molar-refractivity contribution in [1.29, 1.82) is 0 Å². The van der Waals surface area contributed by atoms with E-state index in [1.54, 1.807) is 30.5 Å². The Hall–Kier alpha value is -1.11. The summed E-state index contributed by atoms with van der Waals surface area (Å²) >= 11 is 10.3. The van der Waals surface area contributed by atoms with Gasteiger partial charge in [-0.15, -0.1) is 0 Å². The first-order valence-corrected chi connectivity index (χ1v) is 6.92. The van der Waals surface area contributed by atoms with Crippen molar-refractivity contribution in [1.82, 2.24) is 4.98 Å². The van der Waals surface area contributed by atoms with Crippen LogP contribution < -0.4 is 10.1 Å². The maximum atomic E-state index is 11.6. The van der Waals surface area contributed by atoms with E-state index in [2.05, 4.69) is 26.2 Å². The van der Waals surface area contributed by atoms with E-state index < -0.39 is 0 Å². The van der Waals surface area contributed by atoms with Crippen molar-refractivity contribution in [2.75, 3.05) is 11.9 Å². The molecule has 0 fully saturated rings. The summed E-state index contributed by atoms with van der Waals surface area (Å²) in [6.45, 7) is -0.0706. The Morgan fingerprint density at radius 1 is 1.44 bits per heavy atom. The number of thiazole rings is 1. The molecule has 0 saturated heterocycles. The smallest absolute Gasteiger partial charge is 0.264 e. The van der Waals surface area contributed by atoms with Crippen LogP contribution in [-0.2, 0) is 4.79 Å². The van der Waals surface area contributed by atoms with Crippen LogP contribution in [0, 0.1) is 0 Å². The Bertz CT molecular complexity index is 544. The van der Waals surface area contributed by atoms with E-state index in [4.69, 9.17) is 16.3 Å². The monoisotopic (exact) mass is 346 g/mol. The lowest BCUT2D eigenvalue weighted by atomic mass is 10.3. The normalized spacial score (nSPS) is 10.1. The number of amides is 1. The number of nitrogens with zero attached hydrogens (tertiary/aromatic N) is 1. The van der Waals surface area contributed by atoms with E-state index >= 15 is 0 Å². The molecular formula is C11H8BrClN2O2S. The molecule has 1 N–H and O–H groups in total. The number of rotatable bonds is 4. The van der Waals surface area contributed by atoms with E-state index in [1.807, 2.05) is 0 Å². The molecule has 4 nitrogen and oxygen atoms in total. The number of halogens is 2. The highest BCUT2D eigenvalue weighted by molar-refractivity contribution is 9.11. The highest BCUT2D eigenvalue weighted by Gasteiger charge is 2.06. The fourth-order valence-corrected chi connectivity index (χ4v) is 2.40. The minimum absolute atomic E-state index is 0.0706. The van der Waals surface area contributed by atoms with Gasteiger partial charge in [0.15, 0.2) is 11.7 Å². The fourth-order valence-electron chi connectivity index (χ4n) is 1.15. The zero-order valence-electron chi connectivity index (χ0n) is 9.02. The molecule has 0 unspecified atom stereocenters. The molecule has 0 aliphatic heterocycles. The molecule has 0 atom stereocenters. The van der Waals surface area contributed by atoms with Crippen LogP contribution in [0.3, 0.4) is 0 Å². The van der Waals surface area contributed by atoms with E-state index in [-0.39, 0.29) is 12.5 Å². The Morgan fingerprint density at radius 3 is 2.78 bits per heavy atom. The number of anilines is 1. The summed E-state index contributed by atoms with van der Waals surface area (Å²) in [5.41, 5.74) is 0. The van der Waals surface area contributed by atoms with Crippen LogP contribution in [-0.4, -0.2) is 17.5 Å². The summed E-state index contributed by atoms with van der Waals surface area (Å²) in [5, 5.41) is 3.79. The number of hydrogen-bond acceptors (Lipinski definition) is 4. The topological polar surface area (TPSA) is 51.2 Å². The average molecular weight is 348 g/mol. The molecule has 18 heavy (non-hydrogen) atoms. The second kappa shape index (κ2) is 6.17. The minimum Gasteiger partial charge on any atom is -0.484 e. The zero-order valence-corrected chi connectivity index (χ0v) is 12.2. The van der Waals surface area contributed by atoms with Gasteiger partial charge in [0.1, 0.15) is 5.75 Å². The Balaban J connectivity index is 1.83. The lowest BCUT2D eigenvalue weighted by molar-refractivity contribution is -0.118. The third-order valence-corrected chi connectivity index (χ3v) is 3.55. The quantitative estimate of drug-likeness (QED) is 0.920. The SMILES string of the molecule is O=C(COc1ccc(Cl)cc1)Nc1ncc(Br)s1. The minimum atomic E-state index is -0.258.